The van der Waals surface area contributed by atoms with Crippen molar-refractivity contribution in [3.05, 3.63) is 0 Å². The molecule has 1 amide bonds. The highest BCUT2D eigenvalue weighted by Crippen LogP contribution is 2.24. The van der Waals surface area contributed by atoms with Gasteiger partial charge in [-0.05, 0) is 38.1 Å². The molecule has 1 N–H and O–H groups in total. The Labute approximate surface area is 131 Å². The first-order valence-corrected chi connectivity index (χ1v) is 9.19. The van der Waals surface area contributed by atoms with Crippen LogP contribution in [0.5, 0.6) is 0 Å². The smallest absolute Gasteiger partial charge is 0.225 e. The Morgan fingerprint density at radius 3 is 2.33 bits per heavy atom. The summed E-state index contributed by atoms with van der Waals surface area (Å²) in [5.41, 5.74) is 0. The van der Waals surface area contributed by atoms with Gasteiger partial charge >= 0.3 is 0 Å². The third-order valence-corrected chi connectivity index (χ3v) is 4.85. The number of likely N-dealkylation sites (tertiary alicyclic amines) is 1. The van der Waals surface area contributed by atoms with Gasteiger partial charge in [0.25, 0.3) is 0 Å². The predicted molar refractivity (Wildman–Crippen MR) is 90.4 cm³/mol. The molecule has 0 radical (unpaired) electrons. The van der Waals surface area contributed by atoms with Gasteiger partial charge in [-0.15, -0.1) is 0 Å². The second-order valence-electron chi connectivity index (χ2n) is 6.58. The van der Waals surface area contributed by atoms with Crippen LogP contribution in [0.1, 0.15) is 72.6 Å². The number of piperidine rings is 1. The zero-order valence-electron chi connectivity index (χ0n) is 14.7. The predicted octanol–water partition coefficient (Wildman–Crippen LogP) is 3.83. The number of rotatable bonds is 9. The lowest BCUT2D eigenvalue weighted by Gasteiger charge is -2.40. The second kappa shape index (κ2) is 10.2. The molecule has 0 spiro atoms. The fraction of sp³-hybridized carbons (Fsp3) is 0.944. The van der Waals surface area contributed by atoms with Gasteiger partial charge in [-0.25, -0.2) is 0 Å². The van der Waals surface area contributed by atoms with Crippen LogP contribution in [0.15, 0.2) is 0 Å². The molecule has 1 rings (SSSR count). The molecule has 3 nitrogen and oxygen atoms in total. The summed E-state index contributed by atoms with van der Waals surface area (Å²) in [5.74, 6) is 1.31. The molecular weight excluding hydrogens is 260 g/mol. The van der Waals surface area contributed by atoms with Crippen molar-refractivity contribution in [2.24, 2.45) is 11.8 Å². The van der Waals surface area contributed by atoms with Gasteiger partial charge in [0.1, 0.15) is 0 Å². The Morgan fingerprint density at radius 2 is 1.81 bits per heavy atom. The van der Waals surface area contributed by atoms with Crippen molar-refractivity contribution in [1.29, 1.82) is 0 Å². The minimum atomic E-state index is 0.262. The van der Waals surface area contributed by atoms with Crippen LogP contribution in [0.3, 0.4) is 0 Å². The van der Waals surface area contributed by atoms with E-state index in [0.29, 0.717) is 17.9 Å². The molecule has 1 saturated heterocycles. The van der Waals surface area contributed by atoms with Crippen molar-refractivity contribution in [3.8, 4) is 0 Å². The summed E-state index contributed by atoms with van der Waals surface area (Å²) < 4.78 is 0. The Morgan fingerprint density at radius 1 is 1.14 bits per heavy atom. The maximum atomic E-state index is 12.8. The molecule has 1 aliphatic heterocycles. The lowest BCUT2D eigenvalue weighted by Crippen LogP contribution is -2.52. The summed E-state index contributed by atoms with van der Waals surface area (Å²) in [6.07, 6.45) is 7.80. The maximum Gasteiger partial charge on any atom is 0.225 e. The van der Waals surface area contributed by atoms with E-state index in [1.807, 2.05) is 0 Å². The summed E-state index contributed by atoms with van der Waals surface area (Å²) in [6, 6.07) is 0.606. The van der Waals surface area contributed by atoms with Crippen molar-refractivity contribution in [1.82, 2.24) is 10.2 Å². The molecule has 0 aromatic heterocycles. The van der Waals surface area contributed by atoms with Crippen LogP contribution in [-0.4, -0.2) is 36.5 Å². The molecule has 0 aliphatic carbocycles. The van der Waals surface area contributed by atoms with Gasteiger partial charge < -0.3 is 10.2 Å². The van der Waals surface area contributed by atoms with Crippen molar-refractivity contribution in [3.63, 3.8) is 0 Å². The van der Waals surface area contributed by atoms with Crippen LogP contribution < -0.4 is 5.32 Å². The monoisotopic (exact) mass is 296 g/mol. The molecule has 0 saturated carbocycles. The van der Waals surface area contributed by atoms with Gasteiger partial charge in [0, 0.05) is 25.0 Å². The van der Waals surface area contributed by atoms with Crippen LogP contribution in [0.2, 0.25) is 0 Å². The fourth-order valence-corrected chi connectivity index (χ4v) is 3.59. The van der Waals surface area contributed by atoms with E-state index >= 15 is 0 Å². The maximum absolute atomic E-state index is 12.8. The second-order valence-corrected chi connectivity index (χ2v) is 6.58. The van der Waals surface area contributed by atoms with Crippen LogP contribution >= 0.6 is 0 Å². The van der Waals surface area contributed by atoms with Gasteiger partial charge in [-0.2, -0.15) is 0 Å². The highest BCUT2D eigenvalue weighted by molar-refractivity contribution is 5.79. The van der Waals surface area contributed by atoms with Crippen molar-refractivity contribution in [2.75, 3.05) is 19.6 Å². The molecule has 21 heavy (non-hydrogen) atoms. The van der Waals surface area contributed by atoms with Gasteiger partial charge in [0.2, 0.25) is 5.91 Å². The number of nitrogens with one attached hydrogen (secondary N) is 1. The molecule has 3 heteroatoms. The van der Waals surface area contributed by atoms with Gasteiger partial charge in [-0.1, -0.05) is 47.0 Å². The lowest BCUT2D eigenvalue weighted by molar-refractivity contribution is -0.138. The Bertz CT molecular complexity index is 287. The topological polar surface area (TPSA) is 32.3 Å². The molecule has 0 bridgehead atoms. The van der Waals surface area contributed by atoms with Gasteiger partial charge in [-0.3, -0.25) is 4.79 Å². The molecular formula is C18H36N2O. The number of hydrogen-bond donors (Lipinski definition) is 1. The number of carbonyl (C=O) groups is 1. The van der Waals surface area contributed by atoms with E-state index in [9.17, 15) is 4.79 Å². The molecule has 1 fully saturated rings. The Kier molecular flexibility index (Phi) is 8.98. The van der Waals surface area contributed by atoms with Crippen LogP contribution in [0.25, 0.3) is 0 Å². The number of amides is 1. The van der Waals surface area contributed by atoms with E-state index in [4.69, 9.17) is 0 Å². The summed E-state index contributed by atoms with van der Waals surface area (Å²) in [4.78, 5) is 14.9. The Hall–Kier alpha value is -0.570. The molecule has 1 aliphatic rings. The number of carbonyl (C=O) groups excluding carboxylic acids is 1. The van der Waals surface area contributed by atoms with Crippen LogP contribution in [0, 0.1) is 11.8 Å². The van der Waals surface area contributed by atoms with Crippen molar-refractivity contribution < 1.29 is 4.79 Å². The SMILES string of the molecule is CCCNC1CCN(C(=O)C(CCC)CCC)CC1CC. The lowest BCUT2D eigenvalue weighted by atomic mass is 9.88. The van der Waals surface area contributed by atoms with Gasteiger partial charge in [0.05, 0.1) is 0 Å². The molecule has 0 aromatic carbocycles. The average molecular weight is 296 g/mol. The standard InChI is InChI=1S/C18H36N2O/c1-5-9-16(10-6-2)18(21)20-13-11-17(19-12-7-3)15(8-4)14-20/h15-17,19H,5-14H2,1-4H3. The normalized spacial score (nSPS) is 22.8. The third kappa shape index (κ3) is 5.61. The summed E-state index contributed by atoms with van der Waals surface area (Å²) in [6.45, 7) is 11.9. The zero-order chi connectivity index (χ0) is 15.7. The highest BCUT2D eigenvalue weighted by atomic mass is 16.2. The third-order valence-electron chi connectivity index (χ3n) is 4.85. The first-order valence-electron chi connectivity index (χ1n) is 9.19. The number of nitrogens with zero attached hydrogens (tertiary/aromatic N) is 1. The summed E-state index contributed by atoms with van der Waals surface area (Å²) in [5, 5.41) is 3.67. The van der Waals surface area contributed by atoms with E-state index in [1.165, 1.54) is 6.42 Å². The van der Waals surface area contributed by atoms with E-state index in [-0.39, 0.29) is 5.92 Å². The fourth-order valence-electron chi connectivity index (χ4n) is 3.59. The van der Waals surface area contributed by atoms with E-state index in [0.717, 1.165) is 58.2 Å². The summed E-state index contributed by atoms with van der Waals surface area (Å²) in [7, 11) is 0. The summed E-state index contributed by atoms with van der Waals surface area (Å²) >= 11 is 0. The van der Waals surface area contributed by atoms with Crippen LogP contribution in [0.4, 0.5) is 0 Å². The Balaban J connectivity index is 2.58. The molecule has 1 heterocycles. The van der Waals surface area contributed by atoms with E-state index in [1.54, 1.807) is 0 Å². The quantitative estimate of drug-likeness (QED) is 0.701. The van der Waals surface area contributed by atoms with Crippen LogP contribution in [-0.2, 0) is 4.79 Å². The van der Waals surface area contributed by atoms with E-state index in [2.05, 4.69) is 37.9 Å². The minimum Gasteiger partial charge on any atom is -0.342 e. The van der Waals surface area contributed by atoms with Crippen molar-refractivity contribution >= 4 is 5.91 Å². The molecule has 2 atom stereocenters. The highest BCUT2D eigenvalue weighted by Gasteiger charge is 2.32. The van der Waals surface area contributed by atoms with Gasteiger partial charge in [0.15, 0.2) is 0 Å². The first kappa shape index (κ1) is 18.5. The van der Waals surface area contributed by atoms with Crippen molar-refractivity contribution in [2.45, 2.75) is 78.7 Å². The molecule has 0 aromatic rings. The average Bonchev–Trinajstić information content (AvgIpc) is 2.51. The zero-order valence-corrected chi connectivity index (χ0v) is 14.7. The molecule has 2 unspecified atom stereocenters. The number of hydrogen-bond acceptors (Lipinski definition) is 2. The van der Waals surface area contributed by atoms with E-state index < -0.39 is 0 Å². The minimum absolute atomic E-state index is 0.262. The largest absolute Gasteiger partial charge is 0.342 e. The first-order chi connectivity index (χ1) is 10.2. The molecule has 124 valence electrons.